The van der Waals surface area contributed by atoms with E-state index in [1.54, 1.807) is 12.1 Å². The highest BCUT2D eigenvalue weighted by molar-refractivity contribution is 7.80. The predicted octanol–water partition coefficient (Wildman–Crippen LogP) is 1.22. The number of hydrogen-bond donors (Lipinski definition) is 3. The second-order valence-corrected chi connectivity index (χ2v) is 3.82. The average molecular weight is 240 g/mol. The number of rotatable bonds is 5. The van der Waals surface area contributed by atoms with Crippen LogP contribution in [0.4, 0.5) is 0 Å². The van der Waals surface area contributed by atoms with Crippen LogP contribution in [0.1, 0.15) is 23.7 Å². The van der Waals surface area contributed by atoms with Gasteiger partial charge in [0.2, 0.25) is 0 Å². The van der Waals surface area contributed by atoms with E-state index in [2.05, 4.69) is 12.6 Å². The Kier molecular flexibility index (Phi) is 4.52. The highest BCUT2D eigenvalue weighted by atomic mass is 32.1. The third kappa shape index (κ3) is 3.08. The second-order valence-electron chi connectivity index (χ2n) is 3.33. The van der Waals surface area contributed by atoms with E-state index in [0.29, 0.717) is 23.3 Å². The molecule has 1 atom stereocenters. The molecule has 0 aliphatic rings. The summed E-state index contributed by atoms with van der Waals surface area (Å²) >= 11 is 4.19. The van der Waals surface area contributed by atoms with Crippen molar-refractivity contribution in [3.05, 3.63) is 29.3 Å². The zero-order valence-electron chi connectivity index (χ0n) is 8.46. The van der Waals surface area contributed by atoms with Gasteiger partial charge in [-0.1, -0.05) is 12.1 Å². The minimum atomic E-state index is -1.54. The number of aliphatic hydroxyl groups is 1. The molecule has 0 aliphatic carbocycles. The van der Waals surface area contributed by atoms with Crippen molar-refractivity contribution in [3.8, 4) is 0 Å². The molecule has 1 unspecified atom stereocenters. The standard InChI is InChI=1S/C11H12O4S/c12-5-1-2-7-6-8(3-4-9(7)16)10(13)11(14)15/h3-6,10,13,16H,1-2H2,(H,14,15). The number of thiol groups is 1. The van der Waals surface area contributed by atoms with Crippen LogP contribution in [0.25, 0.3) is 0 Å². The Labute approximate surface area is 98.3 Å². The molecule has 0 spiro atoms. The molecule has 86 valence electrons. The van der Waals surface area contributed by atoms with Gasteiger partial charge in [-0.3, -0.25) is 0 Å². The lowest BCUT2D eigenvalue weighted by Crippen LogP contribution is -2.10. The number of carboxylic acid groups (broad SMARTS) is 1. The van der Waals surface area contributed by atoms with Crippen LogP contribution >= 0.6 is 12.6 Å². The maximum atomic E-state index is 10.6. The van der Waals surface area contributed by atoms with Crippen molar-refractivity contribution >= 4 is 24.9 Å². The summed E-state index contributed by atoms with van der Waals surface area (Å²) in [4.78, 5) is 21.5. The van der Waals surface area contributed by atoms with Crippen molar-refractivity contribution in [1.82, 2.24) is 0 Å². The minimum absolute atomic E-state index is 0.297. The molecule has 1 aromatic carbocycles. The fourth-order valence-electron chi connectivity index (χ4n) is 1.33. The summed E-state index contributed by atoms with van der Waals surface area (Å²) in [6, 6.07) is 4.68. The first-order chi connectivity index (χ1) is 7.56. The maximum absolute atomic E-state index is 10.6. The van der Waals surface area contributed by atoms with Gasteiger partial charge in [0.05, 0.1) is 0 Å². The van der Waals surface area contributed by atoms with Crippen molar-refractivity contribution in [3.63, 3.8) is 0 Å². The van der Waals surface area contributed by atoms with E-state index in [1.807, 2.05) is 0 Å². The summed E-state index contributed by atoms with van der Waals surface area (Å²) in [5.74, 6) is -1.30. The van der Waals surface area contributed by atoms with Gasteiger partial charge in [0, 0.05) is 11.3 Å². The first-order valence-corrected chi connectivity index (χ1v) is 5.17. The molecule has 1 rings (SSSR count). The lowest BCUT2D eigenvalue weighted by atomic mass is 10.0. The highest BCUT2D eigenvalue weighted by Gasteiger charge is 2.16. The summed E-state index contributed by atoms with van der Waals surface area (Å²) < 4.78 is 0. The van der Waals surface area contributed by atoms with E-state index < -0.39 is 12.1 Å². The van der Waals surface area contributed by atoms with Crippen LogP contribution in [0.5, 0.6) is 0 Å². The van der Waals surface area contributed by atoms with Gasteiger partial charge in [0.1, 0.15) is 6.29 Å². The Morgan fingerprint density at radius 3 is 2.75 bits per heavy atom. The van der Waals surface area contributed by atoms with Crippen molar-refractivity contribution in [2.75, 3.05) is 0 Å². The molecule has 5 heteroatoms. The third-order valence-corrected chi connectivity index (χ3v) is 2.62. The van der Waals surface area contributed by atoms with Gasteiger partial charge in [0.25, 0.3) is 0 Å². The zero-order valence-corrected chi connectivity index (χ0v) is 9.35. The largest absolute Gasteiger partial charge is 0.479 e. The normalized spacial score (nSPS) is 12.1. The summed E-state index contributed by atoms with van der Waals surface area (Å²) in [6.07, 6.45) is 0.0832. The number of hydrogen-bond acceptors (Lipinski definition) is 4. The van der Waals surface area contributed by atoms with Gasteiger partial charge in [-0.05, 0) is 23.6 Å². The molecule has 1 aromatic rings. The Morgan fingerprint density at radius 2 is 2.19 bits per heavy atom. The molecule has 0 amide bonds. The summed E-state index contributed by atoms with van der Waals surface area (Å²) in [6.45, 7) is 0. The van der Waals surface area contributed by atoms with E-state index in [0.717, 1.165) is 11.8 Å². The molecular weight excluding hydrogens is 228 g/mol. The summed E-state index contributed by atoms with van der Waals surface area (Å²) in [7, 11) is 0. The fraction of sp³-hybridized carbons (Fsp3) is 0.273. The van der Waals surface area contributed by atoms with Crippen LogP contribution < -0.4 is 0 Å². The van der Waals surface area contributed by atoms with Crippen molar-refractivity contribution in [1.29, 1.82) is 0 Å². The smallest absolute Gasteiger partial charge is 0.337 e. The lowest BCUT2D eigenvalue weighted by Gasteiger charge is -2.09. The molecular formula is C11H12O4S. The van der Waals surface area contributed by atoms with E-state index in [-0.39, 0.29) is 0 Å². The molecule has 16 heavy (non-hydrogen) atoms. The number of carbonyl (C=O) groups is 2. The molecule has 0 saturated carbocycles. The average Bonchev–Trinajstić information content (AvgIpc) is 2.27. The number of aldehydes is 1. The fourth-order valence-corrected chi connectivity index (χ4v) is 1.58. The van der Waals surface area contributed by atoms with Crippen molar-refractivity contribution in [2.45, 2.75) is 23.8 Å². The molecule has 0 bridgehead atoms. The molecule has 0 radical (unpaired) electrons. The van der Waals surface area contributed by atoms with Crippen LogP contribution in [0.15, 0.2) is 23.1 Å². The predicted molar refractivity (Wildman–Crippen MR) is 60.7 cm³/mol. The maximum Gasteiger partial charge on any atom is 0.337 e. The van der Waals surface area contributed by atoms with Gasteiger partial charge in [0.15, 0.2) is 6.10 Å². The van der Waals surface area contributed by atoms with Gasteiger partial charge in [-0.15, -0.1) is 12.6 Å². The number of aliphatic carboxylic acids is 1. The van der Waals surface area contributed by atoms with E-state index in [1.165, 1.54) is 6.07 Å². The van der Waals surface area contributed by atoms with Gasteiger partial charge in [-0.2, -0.15) is 0 Å². The van der Waals surface area contributed by atoms with Gasteiger partial charge < -0.3 is 15.0 Å². The van der Waals surface area contributed by atoms with Crippen molar-refractivity contribution in [2.24, 2.45) is 0 Å². The second kappa shape index (κ2) is 5.67. The first kappa shape index (κ1) is 12.7. The van der Waals surface area contributed by atoms with Crippen LogP contribution in [0, 0.1) is 0 Å². The molecule has 0 fully saturated rings. The van der Waals surface area contributed by atoms with Crippen LogP contribution in [-0.4, -0.2) is 22.5 Å². The molecule has 0 heterocycles. The molecule has 0 aromatic heterocycles. The van der Waals surface area contributed by atoms with E-state index in [4.69, 9.17) is 5.11 Å². The quantitative estimate of drug-likeness (QED) is 0.534. The van der Waals surface area contributed by atoms with Gasteiger partial charge in [-0.25, -0.2) is 4.79 Å². The Morgan fingerprint density at radius 1 is 1.50 bits per heavy atom. The lowest BCUT2D eigenvalue weighted by molar-refractivity contribution is -0.146. The molecule has 0 saturated heterocycles. The molecule has 0 aliphatic heterocycles. The first-order valence-electron chi connectivity index (χ1n) is 4.72. The SMILES string of the molecule is O=CCCc1cc(C(O)C(=O)O)ccc1S. The van der Waals surface area contributed by atoms with Crippen LogP contribution in [-0.2, 0) is 16.0 Å². The van der Waals surface area contributed by atoms with E-state index in [9.17, 15) is 14.7 Å². The number of carboxylic acids is 1. The Hall–Kier alpha value is -1.33. The highest BCUT2D eigenvalue weighted by Crippen LogP contribution is 2.21. The topological polar surface area (TPSA) is 74.6 Å². The summed E-state index contributed by atoms with van der Waals surface area (Å²) in [5.41, 5.74) is 1.06. The monoisotopic (exact) mass is 240 g/mol. The van der Waals surface area contributed by atoms with Crippen molar-refractivity contribution < 1.29 is 19.8 Å². The number of aliphatic hydroxyl groups excluding tert-OH is 1. The summed E-state index contributed by atoms with van der Waals surface area (Å²) in [5, 5.41) is 18.0. The van der Waals surface area contributed by atoms with Gasteiger partial charge >= 0.3 is 5.97 Å². The number of benzene rings is 1. The van der Waals surface area contributed by atoms with Crippen LogP contribution in [0.2, 0.25) is 0 Å². The Bertz CT molecular complexity index is 403. The zero-order chi connectivity index (χ0) is 12.1. The Balaban J connectivity index is 2.97. The molecule has 4 nitrogen and oxygen atoms in total. The van der Waals surface area contributed by atoms with Crippen LogP contribution in [0.3, 0.4) is 0 Å². The number of carbonyl (C=O) groups excluding carboxylic acids is 1. The molecule has 2 N–H and O–H groups in total. The minimum Gasteiger partial charge on any atom is -0.479 e. The van der Waals surface area contributed by atoms with E-state index >= 15 is 0 Å². The third-order valence-electron chi connectivity index (χ3n) is 2.18. The number of aryl methyl sites for hydroxylation is 1.